The van der Waals surface area contributed by atoms with Crippen molar-refractivity contribution in [2.45, 2.75) is 32.2 Å². The van der Waals surface area contributed by atoms with Crippen LogP contribution in [-0.2, 0) is 4.79 Å². The number of carboxylic acid groups (broad SMARTS) is 1. The molecule has 6 heteroatoms. The number of carboxylic acids is 1. The summed E-state index contributed by atoms with van der Waals surface area (Å²) in [5.74, 6) is -0.941. The number of hydrogen-bond donors (Lipinski definition) is 2. The molecule has 0 saturated carbocycles. The molecule has 1 aromatic rings. The lowest BCUT2D eigenvalue weighted by Crippen LogP contribution is -2.53. The number of ether oxygens (including phenoxy) is 1. The fraction of sp³-hybridized carbons (Fsp3) is 0.429. The molecule has 1 rings (SSSR count). The van der Waals surface area contributed by atoms with E-state index >= 15 is 0 Å². The summed E-state index contributed by atoms with van der Waals surface area (Å²) in [6, 6.07) is 4.97. The number of benzene rings is 1. The van der Waals surface area contributed by atoms with Gasteiger partial charge in [-0.25, -0.2) is 4.79 Å². The van der Waals surface area contributed by atoms with E-state index in [1.807, 2.05) is 0 Å². The van der Waals surface area contributed by atoms with Crippen molar-refractivity contribution in [1.82, 2.24) is 5.32 Å². The normalized spacial score (nSPS) is 11.0. The highest BCUT2D eigenvalue weighted by Crippen LogP contribution is 2.24. The molecule has 5 nitrogen and oxygen atoms in total. The van der Waals surface area contributed by atoms with Gasteiger partial charge in [0.05, 0.1) is 12.7 Å². The third-order valence-corrected chi connectivity index (χ3v) is 4.08. The molecule has 0 radical (unpaired) electrons. The predicted octanol–water partition coefficient (Wildman–Crippen LogP) is 2.83. The van der Waals surface area contributed by atoms with Crippen molar-refractivity contribution in [2.24, 2.45) is 0 Å². The van der Waals surface area contributed by atoms with Crippen molar-refractivity contribution in [3.05, 3.63) is 28.2 Å². The molecule has 0 saturated heterocycles. The highest BCUT2D eigenvalue weighted by molar-refractivity contribution is 9.10. The molecule has 0 aromatic heterocycles. The minimum Gasteiger partial charge on any atom is -0.497 e. The van der Waals surface area contributed by atoms with Crippen LogP contribution in [0.25, 0.3) is 0 Å². The van der Waals surface area contributed by atoms with Crippen LogP contribution in [0.3, 0.4) is 0 Å². The maximum Gasteiger partial charge on any atom is 0.329 e. The van der Waals surface area contributed by atoms with Crippen LogP contribution in [-0.4, -0.2) is 29.6 Å². The fourth-order valence-electron chi connectivity index (χ4n) is 1.87. The zero-order valence-corrected chi connectivity index (χ0v) is 13.3. The maximum absolute atomic E-state index is 12.3. The second kappa shape index (κ2) is 6.74. The molecule has 0 spiro atoms. The van der Waals surface area contributed by atoms with Gasteiger partial charge in [-0.05, 0) is 47.0 Å². The Labute approximate surface area is 126 Å². The van der Waals surface area contributed by atoms with E-state index in [-0.39, 0.29) is 0 Å². The van der Waals surface area contributed by atoms with E-state index in [1.54, 1.807) is 32.0 Å². The standard InChI is InChI=1S/C14H18BrNO4/c1-4-14(5-2,13(18)19)16-12(17)10-8-9(20-3)6-7-11(10)15/h6-8H,4-5H2,1-3H3,(H,16,17)(H,18,19). The summed E-state index contributed by atoms with van der Waals surface area (Å²) in [4.78, 5) is 23.7. The number of nitrogens with one attached hydrogen (secondary N) is 1. The van der Waals surface area contributed by atoms with E-state index in [4.69, 9.17) is 4.74 Å². The van der Waals surface area contributed by atoms with Crippen molar-refractivity contribution >= 4 is 27.8 Å². The van der Waals surface area contributed by atoms with Gasteiger partial charge in [-0.15, -0.1) is 0 Å². The quantitative estimate of drug-likeness (QED) is 0.832. The zero-order valence-electron chi connectivity index (χ0n) is 11.7. The number of halogens is 1. The summed E-state index contributed by atoms with van der Waals surface area (Å²) >= 11 is 3.28. The van der Waals surface area contributed by atoms with Crippen LogP contribution in [0.4, 0.5) is 0 Å². The second-order valence-corrected chi connectivity index (χ2v) is 5.25. The van der Waals surface area contributed by atoms with Crippen LogP contribution in [0.2, 0.25) is 0 Å². The summed E-state index contributed by atoms with van der Waals surface area (Å²) < 4.78 is 5.66. The lowest BCUT2D eigenvalue weighted by atomic mass is 9.92. The Balaban J connectivity index is 3.09. The van der Waals surface area contributed by atoms with E-state index in [1.165, 1.54) is 7.11 Å². The van der Waals surface area contributed by atoms with Crippen LogP contribution in [0.15, 0.2) is 22.7 Å². The van der Waals surface area contributed by atoms with Gasteiger partial charge >= 0.3 is 5.97 Å². The Bertz CT molecular complexity index is 512. The minimum atomic E-state index is -1.25. The van der Waals surface area contributed by atoms with E-state index in [0.717, 1.165) is 0 Å². The monoisotopic (exact) mass is 343 g/mol. The first-order valence-electron chi connectivity index (χ1n) is 6.29. The molecule has 0 atom stereocenters. The molecule has 0 unspecified atom stereocenters. The van der Waals surface area contributed by atoms with Crippen molar-refractivity contribution < 1.29 is 19.4 Å². The van der Waals surface area contributed by atoms with Crippen molar-refractivity contribution in [1.29, 1.82) is 0 Å². The molecular weight excluding hydrogens is 326 g/mol. The number of carbonyl (C=O) groups excluding carboxylic acids is 1. The van der Waals surface area contributed by atoms with Crippen molar-refractivity contribution in [2.75, 3.05) is 7.11 Å². The first-order chi connectivity index (χ1) is 9.40. The number of rotatable bonds is 6. The topological polar surface area (TPSA) is 75.6 Å². The van der Waals surface area contributed by atoms with E-state index in [9.17, 15) is 14.7 Å². The fourth-order valence-corrected chi connectivity index (χ4v) is 2.30. The summed E-state index contributed by atoms with van der Waals surface area (Å²) in [6.45, 7) is 3.47. The van der Waals surface area contributed by atoms with Gasteiger partial charge in [-0.3, -0.25) is 4.79 Å². The molecule has 1 aromatic carbocycles. The van der Waals surface area contributed by atoms with Gasteiger partial charge in [-0.1, -0.05) is 13.8 Å². The molecular formula is C14H18BrNO4. The summed E-state index contributed by atoms with van der Waals surface area (Å²) in [7, 11) is 1.50. The van der Waals surface area contributed by atoms with Gasteiger partial charge in [0, 0.05) is 4.47 Å². The second-order valence-electron chi connectivity index (χ2n) is 4.39. The molecule has 0 bridgehead atoms. The summed E-state index contributed by atoms with van der Waals surface area (Å²) in [6.07, 6.45) is 0.623. The number of hydrogen-bond acceptors (Lipinski definition) is 3. The van der Waals surface area contributed by atoms with Crippen LogP contribution in [0.1, 0.15) is 37.0 Å². The number of carbonyl (C=O) groups is 2. The molecule has 0 aliphatic rings. The SMILES string of the molecule is CCC(CC)(NC(=O)c1cc(OC)ccc1Br)C(=O)O. The first-order valence-corrected chi connectivity index (χ1v) is 7.09. The Morgan fingerprint density at radius 1 is 1.35 bits per heavy atom. The Morgan fingerprint density at radius 2 is 1.95 bits per heavy atom. The zero-order chi connectivity index (χ0) is 15.3. The smallest absolute Gasteiger partial charge is 0.329 e. The van der Waals surface area contributed by atoms with Gasteiger partial charge in [0.1, 0.15) is 11.3 Å². The highest BCUT2D eigenvalue weighted by Gasteiger charge is 2.36. The third-order valence-electron chi connectivity index (χ3n) is 3.39. The van der Waals surface area contributed by atoms with Crippen LogP contribution < -0.4 is 10.1 Å². The van der Waals surface area contributed by atoms with Crippen molar-refractivity contribution in [3.8, 4) is 5.75 Å². The van der Waals surface area contributed by atoms with Crippen LogP contribution in [0, 0.1) is 0 Å². The van der Waals surface area contributed by atoms with E-state index < -0.39 is 17.4 Å². The van der Waals surface area contributed by atoms with Gasteiger partial charge in [0.2, 0.25) is 0 Å². The number of amides is 1. The number of methoxy groups -OCH3 is 1. The molecule has 0 fully saturated rings. The van der Waals surface area contributed by atoms with Gasteiger partial charge in [0.25, 0.3) is 5.91 Å². The molecule has 0 heterocycles. The Kier molecular flexibility index (Phi) is 5.56. The minimum absolute atomic E-state index is 0.312. The van der Waals surface area contributed by atoms with Crippen LogP contribution in [0.5, 0.6) is 5.75 Å². The largest absolute Gasteiger partial charge is 0.497 e. The lowest BCUT2D eigenvalue weighted by molar-refractivity contribution is -0.144. The Morgan fingerprint density at radius 3 is 2.40 bits per heavy atom. The lowest BCUT2D eigenvalue weighted by Gasteiger charge is -2.28. The molecule has 110 valence electrons. The third kappa shape index (κ3) is 3.30. The average Bonchev–Trinajstić information content (AvgIpc) is 2.44. The average molecular weight is 344 g/mol. The predicted molar refractivity (Wildman–Crippen MR) is 79.1 cm³/mol. The van der Waals surface area contributed by atoms with Gasteiger partial charge in [-0.2, -0.15) is 0 Å². The summed E-state index contributed by atoms with van der Waals surface area (Å²) in [5.41, 5.74) is -0.906. The highest BCUT2D eigenvalue weighted by atomic mass is 79.9. The molecule has 0 aliphatic carbocycles. The first kappa shape index (κ1) is 16.5. The van der Waals surface area contributed by atoms with Gasteiger partial charge in [0.15, 0.2) is 0 Å². The van der Waals surface area contributed by atoms with Crippen LogP contribution >= 0.6 is 15.9 Å². The van der Waals surface area contributed by atoms with Gasteiger partial charge < -0.3 is 15.2 Å². The molecule has 20 heavy (non-hydrogen) atoms. The van der Waals surface area contributed by atoms with Crippen molar-refractivity contribution in [3.63, 3.8) is 0 Å². The number of aliphatic carboxylic acids is 1. The Hall–Kier alpha value is -1.56. The maximum atomic E-state index is 12.3. The molecule has 0 aliphatic heterocycles. The van der Waals surface area contributed by atoms with E-state index in [2.05, 4.69) is 21.2 Å². The molecule has 2 N–H and O–H groups in total. The summed E-state index contributed by atoms with van der Waals surface area (Å²) in [5, 5.41) is 12.0. The van der Waals surface area contributed by atoms with E-state index in [0.29, 0.717) is 28.6 Å². The molecule has 1 amide bonds.